The van der Waals surface area contributed by atoms with Crippen LogP contribution in [0.3, 0.4) is 0 Å². The number of amides is 2. The van der Waals surface area contributed by atoms with Crippen LogP contribution in [0, 0.1) is 10.1 Å². The summed E-state index contributed by atoms with van der Waals surface area (Å²) in [6.45, 7) is 0. The van der Waals surface area contributed by atoms with Crippen molar-refractivity contribution in [3.63, 3.8) is 0 Å². The third-order valence-electron chi connectivity index (χ3n) is 4.39. The van der Waals surface area contributed by atoms with Gasteiger partial charge in [0.05, 0.1) is 21.2 Å². The van der Waals surface area contributed by atoms with E-state index in [1.165, 1.54) is 48.5 Å². The van der Waals surface area contributed by atoms with Crippen molar-refractivity contribution in [1.82, 2.24) is 0 Å². The van der Waals surface area contributed by atoms with Crippen LogP contribution in [0.1, 0.15) is 0 Å². The Bertz CT molecular complexity index is 1230. The van der Waals surface area contributed by atoms with E-state index in [9.17, 15) is 23.3 Å². The van der Waals surface area contributed by atoms with Crippen LogP contribution in [-0.2, 0) is 10.0 Å². The molecule has 166 valence electrons. The van der Waals surface area contributed by atoms with Gasteiger partial charge in [-0.25, -0.2) is 13.2 Å². The van der Waals surface area contributed by atoms with E-state index in [0.29, 0.717) is 17.1 Å². The monoisotopic (exact) mass is 455 g/mol. The van der Waals surface area contributed by atoms with Gasteiger partial charge in [0.1, 0.15) is 0 Å². The second-order valence-corrected chi connectivity index (χ2v) is 8.61. The van der Waals surface area contributed by atoms with Crippen LogP contribution in [0.2, 0.25) is 0 Å². The molecule has 0 spiro atoms. The van der Waals surface area contributed by atoms with Crippen molar-refractivity contribution in [1.29, 1.82) is 0 Å². The molecule has 10 nitrogen and oxygen atoms in total. The van der Waals surface area contributed by atoms with Gasteiger partial charge in [-0.2, -0.15) is 0 Å². The molecule has 32 heavy (non-hydrogen) atoms. The number of carbonyl (C=O) groups excluding carboxylic acids is 1. The molecule has 11 heteroatoms. The van der Waals surface area contributed by atoms with Gasteiger partial charge in [0.15, 0.2) is 0 Å². The van der Waals surface area contributed by atoms with E-state index < -0.39 is 21.0 Å². The first-order chi connectivity index (χ1) is 15.2. The minimum atomic E-state index is -3.83. The lowest BCUT2D eigenvalue weighted by molar-refractivity contribution is -0.384. The molecule has 0 heterocycles. The van der Waals surface area contributed by atoms with Gasteiger partial charge in [-0.1, -0.05) is 12.1 Å². The number of nitro benzene ring substituents is 1. The predicted molar refractivity (Wildman–Crippen MR) is 124 cm³/mol. The number of non-ortho nitro benzene ring substituents is 1. The number of anilines is 4. The summed E-state index contributed by atoms with van der Waals surface area (Å²) < 4.78 is 28.1. The van der Waals surface area contributed by atoms with E-state index in [2.05, 4.69) is 15.4 Å². The van der Waals surface area contributed by atoms with Gasteiger partial charge in [0.2, 0.25) is 0 Å². The Morgan fingerprint density at radius 1 is 0.875 bits per heavy atom. The van der Waals surface area contributed by atoms with E-state index in [4.69, 9.17) is 0 Å². The molecule has 3 aromatic rings. The highest BCUT2D eigenvalue weighted by molar-refractivity contribution is 7.92. The molecule has 0 aliphatic heterocycles. The van der Waals surface area contributed by atoms with Crippen LogP contribution in [0.25, 0.3) is 0 Å². The second-order valence-electron chi connectivity index (χ2n) is 6.92. The third-order valence-corrected chi connectivity index (χ3v) is 5.77. The SMILES string of the molecule is CN(C)c1ccccc1NS(=O)(=O)c1ccc(NC(=O)Nc2ccc([N+](=O)[O-])cc2)cc1. The largest absolute Gasteiger partial charge is 0.376 e. The molecule has 0 bridgehead atoms. The number of nitrogens with one attached hydrogen (secondary N) is 3. The molecular weight excluding hydrogens is 434 g/mol. The number of nitrogens with zero attached hydrogens (tertiary/aromatic N) is 2. The first kappa shape index (κ1) is 22.6. The molecule has 3 N–H and O–H groups in total. The number of benzene rings is 3. The summed E-state index contributed by atoms with van der Waals surface area (Å²) in [5.74, 6) is 0. The standard InChI is InChI=1S/C21H21N5O5S/c1-25(2)20-6-4-3-5-19(20)24-32(30,31)18-13-9-16(10-14-18)23-21(27)22-15-7-11-17(12-8-15)26(28)29/h3-14,24H,1-2H3,(H2,22,23,27). The number of para-hydroxylation sites is 2. The maximum Gasteiger partial charge on any atom is 0.323 e. The first-order valence-electron chi connectivity index (χ1n) is 9.37. The Balaban J connectivity index is 1.66. The van der Waals surface area contributed by atoms with Crippen molar-refractivity contribution >= 4 is 44.5 Å². The fraction of sp³-hybridized carbons (Fsp3) is 0.0952. The highest BCUT2D eigenvalue weighted by atomic mass is 32.2. The van der Waals surface area contributed by atoms with Gasteiger partial charge >= 0.3 is 6.03 Å². The fourth-order valence-corrected chi connectivity index (χ4v) is 3.91. The Labute approximate surface area is 185 Å². The zero-order valence-corrected chi connectivity index (χ0v) is 18.1. The van der Waals surface area contributed by atoms with Gasteiger partial charge in [-0.3, -0.25) is 14.8 Å². The number of nitro groups is 1. The summed E-state index contributed by atoms with van der Waals surface area (Å²) in [7, 11) is -0.205. The summed E-state index contributed by atoms with van der Waals surface area (Å²) in [4.78, 5) is 24.1. The lowest BCUT2D eigenvalue weighted by Gasteiger charge is -2.18. The molecule has 0 saturated carbocycles. The topological polar surface area (TPSA) is 134 Å². The quantitative estimate of drug-likeness (QED) is 0.363. The Morgan fingerprint density at radius 2 is 1.41 bits per heavy atom. The second kappa shape index (κ2) is 9.35. The van der Waals surface area contributed by atoms with E-state index in [-0.39, 0.29) is 10.6 Å². The maximum atomic E-state index is 12.7. The van der Waals surface area contributed by atoms with Crippen LogP contribution < -0.4 is 20.3 Å². The summed E-state index contributed by atoms with van der Waals surface area (Å²) in [6, 6.07) is 17.5. The lowest BCUT2D eigenvalue weighted by atomic mass is 10.2. The van der Waals surface area contributed by atoms with Gasteiger partial charge in [0, 0.05) is 37.6 Å². The Hall–Kier alpha value is -4.12. The van der Waals surface area contributed by atoms with Crippen molar-refractivity contribution in [2.75, 3.05) is 34.4 Å². The lowest BCUT2D eigenvalue weighted by Crippen LogP contribution is -2.19. The highest BCUT2D eigenvalue weighted by Crippen LogP contribution is 2.26. The number of urea groups is 1. The van der Waals surface area contributed by atoms with Gasteiger partial charge < -0.3 is 15.5 Å². The zero-order chi connectivity index (χ0) is 23.3. The van der Waals surface area contributed by atoms with Crippen LogP contribution >= 0.6 is 0 Å². The molecule has 0 fully saturated rings. The molecule has 0 radical (unpaired) electrons. The van der Waals surface area contributed by atoms with E-state index in [1.54, 1.807) is 23.1 Å². The number of rotatable bonds is 7. The molecule has 0 aliphatic rings. The molecule has 2 amide bonds. The minimum absolute atomic E-state index is 0.0346. The van der Waals surface area contributed by atoms with Gasteiger partial charge in [-0.15, -0.1) is 0 Å². The summed E-state index contributed by atoms with van der Waals surface area (Å²) in [5.41, 5.74) is 1.82. The molecule has 3 rings (SSSR count). The fourth-order valence-electron chi connectivity index (χ4n) is 2.83. The van der Waals surface area contributed by atoms with Gasteiger partial charge in [-0.05, 0) is 48.5 Å². The van der Waals surface area contributed by atoms with E-state index in [1.807, 2.05) is 20.2 Å². The minimum Gasteiger partial charge on any atom is -0.376 e. The van der Waals surface area contributed by atoms with Gasteiger partial charge in [0.25, 0.3) is 15.7 Å². The number of hydrogen-bond acceptors (Lipinski definition) is 6. The normalized spacial score (nSPS) is 10.8. The zero-order valence-electron chi connectivity index (χ0n) is 17.3. The third kappa shape index (κ3) is 5.52. The smallest absolute Gasteiger partial charge is 0.323 e. The Kier molecular flexibility index (Phi) is 6.59. The Morgan fingerprint density at radius 3 is 1.94 bits per heavy atom. The van der Waals surface area contributed by atoms with Crippen molar-refractivity contribution < 1.29 is 18.1 Å². The average Bonchev–Trinajstić information content (AvgIpc) is 2.74. The average molecular weight is 455 g/mol. The number of hydrogen-bond donors (Lipinski definition) is 3. The van der Waals surface area contributed by atoms with Crippen molar-refractivity contribution in [2.45, 2.75) is 4.90 Å². The van der Waals surface area contributed by atoms with Crippen molar-refractivity contribution in [3.8, 4) is 0 Å². The van der Waals surface area contributed by atoms with Crippen molar-refractivity contribution in [2.24, 2.45) is 0 Å². The molecule has 0 saturated heterocycles. The summed E-state index contributed by atoms with van der Waals surface area (Å²) in [6.07, 6.45) is 0. The number of sulfonamides is 1. The summed E-state index contributed by atoms with van der Waals surface area (Å²) in [5, 5.41) is 15.8. The van der Waals surface area contributed by atoms with Crippen LogP contribution in [0.4, 0.5) is 33.2 Å². The van der Waals surface area contributed by atoms with Crippen LogP contribution in [0.15, 0.2) is 77.7 Å². The summed E-state index contributed by atoms with van der Waals surface area (Å²) >= 11 is 0. The highest BCUT2D eigenvalue weighted by Gasteiger charge is 2.17. The molecular formula is C21H21N5O5S. The molecule has 0 atom stereocenters. The molecule has 3 aromatic carbocycles. The van der Waals surface area contributed by atoms with Crippen LogP contribution in [-0.4, -0.2) is 33.5 Å². The van der Waals surface area contributed by atoms with E-state index >= 15 is 0 Å². The predicted octanol–water partition coefficient (Wildman–Crippen LogP) is 4.11. The maximum absolute atomic E-state index is 12.7. The first-order valence-corrected chi connectivity index (χ1v) is 10.9. The van der Waals surface area contributed by atoms with Crippen LogP contribution in [0.5, 0.6) is 0 Å². The molecule has 0 aliphatic carbocycles. The molecule has 0 unspecified atom stereocenters. The van der Waals surface area contributed by atoms with E-state index in [0.717, 1.165) is 5.69 Å². The van der Waals surface area contributed by atoms with Crippen molar-refractivity contribution in [3.05, 3.63) is 82.9 Å². The number of carbonyl (C=O) groups is 1. The molecule has 0 aromatic heterocycles.